The lowest BCUT2D eigenvalue weighted by Crippen LogP contribution is -2.13. The molecule has 0 bridgehead atoms. The van der Waals surface area contributed by atoms with Crippen molar-refractivity contribution < 1.29 is 5.11 Å². The quantitative estimate of drug-likeness (QED) is 0.528. The molecule has 11 heavy (non-hydrogen) atoms. The fourth-order valence-corrected chi connectivity index (χ4v) is 1.31. The molecule has 0 saturated carbocycles. The van der Waals surface area contributed by atoms with E-state index in [4.69, 9.17) is 0 Å². The van der Waals surface area contributed by atoms with E-state index in [1.54, 1.807) is 0 Å². The molecule has 0 fully saturated rings. The first kappa shape index (κ1) is 8.54. The highest BCUT2D eigenvalue weighted by molar-refractivity contribution is 5.24. The summed E-state index contributed by atoms with van der Waals surface area (Å²) < 4.78 is 0. The Bertz CT molecular complexity index is 207. The van der Waals surface area contributed by atoms with Gasteiger partial charge in [-0.3, -0.25) is 0 Å². The Balaban J connectivity index is 2.78. The normalized spacial score (nSPS) is 24.9. The number of aliphatic hydroxyl groups is 1. The number of hydrogen-bond acceptors (Lipinski definition) is 1. The van der Waals surface area contributed by atoms with Gasteiger partial charge in [-0.2, -0.15) is 0 Å². The lowest BCUT2D eigenvalue weighted by molar-refractivity contribution is 0.206. The molecular formula is C10H16O. The van der Waals surface area contributed by atoms with Crippen LogP contribution in [0.1, 0.15) is 33.6 Å². The molecule has 1 heteroatoms. The van der Waals surface area contributed by atoms with Crippen LogP contribution >= 0.6 is 0 Å². The zero-order chi connectivity index (χ0) is 8.43. The summed E-state index contributed by atoms with van der Waals surface area (Å²) in [6, 6.07) is 0. The molecule has 0 spiro atoms. The number of rotatable bonds is 0. The van der Waals surface area contributed by atoms with E-state index in [1.165, 1.54) is 11.1 Å². The summed E-state index contributed by atoms with van der Waals surface area (Å²) in [7, 11) is 0. The van der Waals surface area contributed by atoms with Crippen LogP contribution in [-0.4, -0.2) is 11.2 Å². The SMILES string of the molecule is CC1=CCC(=C(C)C)C[C@H]1O. The summed E-state index contributed by atoms with van der Waals surface area (Å²) in [5, 5.41) is 9.49. The van der Waals surface area contributed by atoms with Gasteiger partial charge in [-0.05, 0) is 39.2 Å². The summed E-state index contributed by atoms with van der Waals surface area (Å²) in [4.78, 5) is 0. The molecule has 0 aromatic rings. The third-order valence-corrected chi connectivity index (χ3v) is 2.34. The van der Waals surface area contributed by atoms with Gasteiger partial charge in [0.2, 0.25) is 0 Å². The van der Waals surface area contributed by atoms with Gasteiger partial charge < -0.3 is 5.11 Å². The summed E-state index contributed by atoms with van der Waals surface area (Å²) in [6.07, 6.45) is 3.76. The highest BCUT2D eigenvalue weighted by atomic mass is 16.3. The second-order valence-electron chi connectivity index (χ2n) is 3.48. The average Bonchev–Trinajstić information content (AvgIpc) is 1.94. The molecule has 1 nitrogen and oxygen atoms in total. The summed E-state index contributed by atoms with van der Waals surface area (Å²) >= 11 is 0. The molecule has 0 unspecified atom stereocenters. The van der Waals surface area contributed by atoms with E-state index < -0.39 is 0 Å². The molecule has 1 atom stereocenters. The lowest BCUT2D eigenvalue weighted by Gasteiger charge is -2.20. The monoisotopic (exact) mass is 152 g/mol. The zero-order valence-corrected chi connectivity index (χ0v) is 7.52. The Labute approximate surface area is 68.4 Å². The van der Waals surface area contributed by atoms with Gasteiger partial charge >= 0.3 is 0 Å². The van der Waals surface area contributed by atoms with Gasteiger partial charge in [0.15, 0.2) is 0 Å². The van der Waals surface area contributed by atoms with Crippen molar-refractivity contribution in [2.75, 3.05) is 0 Å². The molecule has 1 rings (SSSR count). The summed E-state index contributed by atoms with van der Waals surface area (Å²) in [5.74, 6) is 0. The average molecular weight is 152 g/mol. The fourth-order valence-electron chi connectivity index (χ4n) is 1.31. The third kappa shape index (κ3) is 1.93. The maximum atomic E-state index is 9.49. The van der Waals surface area contributed by atoms with Crippen LogP contribution in [0.2, 0.25) is 0 Å². The van der Waals surface area contributed by atoms with Gasteiger partial charge in [0.05, 0.1) is 6.10 Å². The predicted molar refractivity (Wildman–Crippen MR) is 47.4 cm³/mol. The number of aliphatic hydroxyl groups excluding tert-OH is 1. The van der Waals surface area contributed by atoms with Crippen molar-refractivity contribution in [2.24, 2.45) is 0 Å². The molecule has 0 amide bonds. The van der Waals surface area contributed by atoms with Crippen molar-refractivity contribution in [1.82, 2.24) is 0 Å². The van der Waals surface area contributed by atoms with Crippen LogP contribution in [0.15, 0.2) is 22.8 Å². The van der Waals surface area contributed by atoms with Gasteiger partial charge in [-0.1, -0.05) is 17.2 Å². The molecule has 0 aromatic heterocycles. The van der Waals surface area contributed by atoms with Crippen molar-refractivity contribution in [3.8, 4) is 0 Å². The molecule has 0 aromatic carbocycles. The van der Waals surface area contributed by atoms with Crippen LogP contribution in [0, 0.1) is 0 Å². The highest BCUT2D eigenvalue weighted by Gasteiger charge is 2.14. The minimum absolute atomic E-state index is 0.228. The van der Waals surface area contributed by atoms with Crippen LogP contribution in [0.3, 0.4) is 0 Å². The number of hydrogen-bond donors (Lipinski definition) is 1. The topological polar surface area (TPSA) is 20.2 Å². The Morgan fingerprint density at radius 3 is 2.64 bits per heavy atom. The van der Waals surface area contributed by atoms with Gasteiger partial charge in [0.1, 0.15) is 0 Å². The van der Waals surface area contributed by atoms with E-state index in [1.807, 2.05) is 6.92 Å². The van der Waals surface area contributed by atoms with Crippen molar-refractivity contribution >= 4 is 0 Å². The van der Waals surface area contributed by atoms with Crippen LogP contribution in [0.5, 0.6) is 0 Å². The van der Waals surface area contributed by atoms with E-state index in [0.717, 1.165) is 18.4 Å². The molecule has 1 N–H and O–H groups in total. The largest absolute Gasteiger partial charge is 0.388 e. The fraction of sp³-hybridized carbons (Fsp3) is 0.600. The van der Waals surface area contributed by atoms with E-state index >= 15 is 0 Å². The first-order valence-corrected chi connectivity index (χ1v) is 4.11. The molecule has 0 saturated heterocycles. The second kappa shape index (κ2) is 3.22. The molecule has 1 aliphatic carbocycles. The van der Waals surface area contributed by atoms with E-state index in [-0.39, 0.29) is 6.10 Å². The van der Waals surface area contributed by atoms with Crippen LogP contribution in [-0.2, 0) is 0 Å². The van der Waals surface area contributed by atoms with Gasteiger partial charge in [-0.25, -0.2) is 0 Å². The molecule has 62 valence electrons. The van der Waals surface area contributed by atoms with Crippen molar-refractivity contribution in [3.05, 3.63) is 22.8 Å². The standard InChI is InChI=1S/C10H16O/c1-7(2)9-5-4-8(3)10(11)6-9/h4,10-11H,5-6H2,1-3H3/t10-/m1/s1. The van der Waals surface area contributed by atoms with E-state index in [2.05, 4.69) is 19.9 Å². The van der Waals surface area contributed by atoms with Crippen LogP contribution in [0.4, 0.5) is 0 Å². The Morgan fingerprint density at radius 1 is 1.55 bits per heavy atom. The first-order chi connectivity index (χ1) is 5.11. The van der Waals surface area contributed by atoms with Crippen molar-refractivity contribution in [2.45, 2.75) is 39.7 Å². The van der Waals surface area contributed by atoms with Crippen LogP contribution < -0.4 is 0 Å². The van der Waals surface area contributed by atoms with Crippen molar-refractivity contribution in [1.29, 1.82) is 0 Å². The first-order valence-electron chi connectivity index (χ1n) is 4.11. The molecular weight excluding hydrogens is 136 g/mol. The second-order valence-corrected chi connectivity index (χ2v) is 3.48. The molecule has 0 aliphatic heterocycles. The van der Waals surface area contributed by atoms with Gasteiger partial charge in [-0.15, -0.1) is 0 Å². The Kier molecular flexibility index (Phi) is 2.50. The maximum absolute atomic E-state index is 9.49. The summed E-state index contributed by atoms with van der Waals surface area (Å²) in [5.41, 5.74) is 3.87. The third-order valence-electron chi connectivity index (χ3n) is 2.34. The zero-order valence-electron chi connectivity index (χ0n) is 7.52. The lowest BCUT2D eigenvalue weighted by atomic mass is 9.91. The van der Waals surface area contributed by atoms with Crippen molar-refractivity contribution in [3.63, 3.8) is 0 Å². The minimum Gasteiger partial charge on any atom is -0.388 e. The highest BCUT2D eigenvalue weighted by Crippen LogP contribution is 2.25. The smallest absolute Gasteiger partial charge is 0.0784 e. The van der Waals surface area contributed by atoms with Crippen LogP contribution in [0.25, 0.3) is 0 Å². The minimum atomic E-state index is -0.228. The Hall–Kier alpha value is -0.560. The predicted octanol–water partition coefficient (Wildman–Crippen LogP) is 2.42. The van der Waals surface area contributed by atoms with E-state index in [9.17, 15) is 5.11 Å². The molecule has 0 radical (unpaired) electrons. The summed E-state index contributed by atoms with van der Waals surface area (Å²) in [6.45, 7) is 6.21. The molecule has 0 heterocycles. The maximum Gasteiger partial charge on any atom is 0.0784 e. The molecule has 1 aliphatic rings. The van der Waals surface area contributed by atoms with E-state index in [0.29, 0.717) is 0 Å². The van der Waals surface area contributed by atoms with Gasteiger partial charge in [0, 0.05) is 0 Å². The Morgan fingerprint density at radius 2 is 2.18 bits per heavy atom. The van der Waals surface area contributed by atoms with Gasteiger partial charge in [0.25, 0.3) is 0 Å². The number of allylic oxidation sites excluding steroid dienone is 2.